The molecule has 1 N–H and O–H groups in total. The van der Waals surface area contributed by atoms with Gasteiger partial charge in [0.2, 0.25) is 0 Å². The average Bonchev–Trinajstić information content (AvgIpc) is 2.47. The van der Waals surface area contributed by atoms with Crippen LogP contribution in [0.25, 0.3) is 0 Å². The molecule has 1 amide bonds. The summed E-state index contributed by atoms with van der Waals surface area (Å²) < 4.78 is 1.88. The quantitative estimate of drug-likeness (QED) is 0.813. The van der Waals surface area contributed by atoms with E-state index in [1.165, 1.54) is 0 Å². The van der Waals surface area contributed by atoms with E-state index in [4.69, 9.17) is 0 Å². The van der Waals surface area contributed by atoms with Crippen LogP contribution >= 0.6 is 49.9 Å². The van der Waals surface area contributed by atoms with Crippen LogP contribution in [-0.2, 0) is 0 Å². The van der Waals surface area contributed by atoms with Gasteiger partial charge in [0.15, 0.2) is 0 Å². The van der Waals surface area contributed by atoms with Gasteiger partial charge >= 0.3 is 0 Å². The topological polar surface area (TPSA) is 29.1 Å². The van der Waals surface area contributed by atoms with Crippen LogP contribution in [0.1, 0.15) is 10.4 Å². The molecule has 2 nitrogen and oxygen atoms in total. The van der Waals surface area contributed by atoms with E-state index in [0.717, 1.165) is 7.37 Å². The highest BCUT2D eigenvalue weighted by atomic mass is 127. The van der Waals surface area contributed by atoms with Crippen LogP contribution in [0.5, 0.6) is 0 Å². The van der Waals surface area contributed by atoms with Crippen molar-refractivity contribution in [2.75, 3.05) is 6.54 Å². The smallest absolute Gasteiger partial charge is 0.252 e. The third-order valence-corrected chi connectivity index (χ3v) is 3.34. The van der Waals surface area contributed by atoms with Gasteiger partial charge in [-0.2, -0.15) is 0 Å². The molecule has 0 aromatic carbocycles. The second-order valence-electron chi connectivity index (χ2n) is 2.34. The summed E-state index contributed by atoms with van der Waals surface area (Å²) in [5.74, 6) is -0.0558. The third kappa shape index (κ3) is 3.78. The zero-order valence-corrected chi connectivity index (χ0v) is 11.2. The molecule has 1 aromatic rings. The summed E-state index contributed by atoms with van der Waals surface area (Å²) in [4.78, 5) is 11.4. The van der Waals surface area contributed by atoms with E-state index in [2.05, 4.69) is 50.4 Å². The first-order valence-electron chi connectivity index (χ1n) is 3.45. The minimum Gasteiger partial charge on any atom is -0.347 e. The summed E-state index contributed by atoms with van der Waals surface area (Å²) in [5.41, 5.74) is 0.711. The summed E-state index contributed by atoms with van der Waals surface area (Å²) in [6.45, 7) is 4.09. The first-order chi connectivity index (χ1) is 6.09. The van der Waals surface area contributed by atoms with Crippen LogP contribution in [0.4, 0.5) is 0 Å². The van der Waals surface area contributed by atoms with E-state index < -0.39 is 0 Å². The van der Waals surface area contributed by atoms with Gasteiger partial charge in [0, 0.05) is 16.4 Å². The fourth-order valence-electron chi connectivity index (χ4n) is 0.707. The van der Waals surface area contributed by atoms with E-state index in [0.29, 0.717) is 12.1 Å². The van der Waals surface area contributed by atoms with Gasteiger partial charge in [-0.3, -0.25) is 4.79 Å². The number of rotatable bonds is 3. The van der Waals surface area contributed by atoms with Crippen molar-refractivity contribution < 1.29 is 4.79 Å². The zero-order chi connectivity index (χ0) is 9.84. The Morgan fingerprint density at radius 1 is 1.77 bits per heavy atom. The molecule has 0 aliphatic carbocycles. The molecule has 0 radical (unpaired) electrons. The summed E-state index contributed by atoms with van der Waals surface area (Å²) in [6.07, 6.45) is 0. The highest BCUT2D eigenvalue weighted by Crippen LogP contribution is 2.16. The van der Waals surface area contributed by atoms with E-state index in [1.54, 1.807) is 11.3 Å². The molecule has 0 unspecified atom stereocenters. The molecule has 0 saturated carbocycles. The van der Waals surface area contributed by atoms with Crippen LogP contribution in [0.15, 0.2) is 22.5 Å². The molecule has 0 saturated heterocycles. The van der Waals surface area contributed by atoms with Crippen LogP contribution in [0, 0.1) is 2.88 Å². The lowest BCUT2D eigenvalue weighted by Gasteiger charge is -2.00. The first kappa shape index (κ1) is 11.2. The van der Waals surface area contributed by atoms with E-state index in [1.807, 2.05) is 11.4 Å². The minimum atomic E-state index is -0.0558. The maximum absolute atomic E-state index is 11.4. The van der Waals surface area contributed by atoms with Gasteiger partial charge in [-0.05, 0) is 28.7 Å². The normalized spacial score (nSPS) is 9.69. The number of carbonyl (C=O) groups excluding carboxylic acids is 1. The van der Waals surface area contributed by atoms with Crippen molar-refractivity contribution in [2.24, 2.45) is 0 Å². The summed E-state index contributed by atoms with van der Waals surface area (Å²) in [6, 6.07) is 1.86. The predicted molar refractivity (Wildman–Crippen MR) is 67.4 cm³/mol. The van der Waals surface area contributed by atoms with Crippen molar-refractivity contribution in [1.82, 2.24) is 5.32 Å². The fourth-order valence-corrected chi connectivity index (χ4v) is 2.17. The average molecular weight is 372 g/mol. The van der Waals surface area contributed by atoms with Crippen LogP contribution in [0.3, 0.4) is 0 Å². The number of carbonyl (C=O) groups is 1. The van der Waals surface area contributed by atoms with Gasteiger partial charge in [-0.1, -0.05) is 22.5 Å². The zero-order valence-electron chi connectivity index (χ0n) is 6.64. The van der Waals surface area contributed by atoms with Crippen LogP contribution in [-0.4, -0.2) is 12.5 Å². The Hall–Kier alpha value is 0.120. The fraction of sp³-hybridized carbons (Fsp3) is 0.125. The first-order valence-corrected chi connectivity index (χ1v) is 6.20. The third-order valence-electron chi connectivity index (χ3n) is 1.27. The molecule has 1 rings (SSSR count). The highest BCUT2D eigenvalue weighted by molar-refractivity contribution is 14.1. The lowest BCUT2D eigenvalue weighted by Crippen LogP contribution is -2.23. The lowest BCUT2D eigenvalue weighted by atomic mass is 10.3. The Bertz CT molecular complexity index is 337. The number of hydrogen-bond donors (Lipinski definition) is 1. The molecule has 5 heteroatoms. The molecule has 0 aliphatic heterocycles. The van der Waals surface area contributed by atoms with Gasteiger partial charge in [-0.15, -0.1) is 11.3 Å². The molecular formula is C8H7BrINOS. The Kier molecular flexibility index (Phi) is 4.40. The number of halogens is 2. The second-order valence-corrected chi connectivity index (χ2v) is 6.27. The molecule has 13 heavy (non-hydrogen) atoms. The maximum Gasteiger partial charge on any atom is 0.252 e. The number of amides is 1. The maximum atomic E-state index is 11.4. The van der Waals surface area contributed by atoms with Crippen molar-refractivity contribution in [1.29, 1.82) is 0 Å². The Labute approximate surface area is 103 Å². The van der Waals surface area contributed by atoms with Gasteiger partial charge in [-0.25, -0.2) is 0 Å². The van der Waals surface area contributed by atoms with Gasteiger partial charge < -0.3 is 5.32 Å². The Balaban J connectivity index is 2.54. The second kappa shape index (κ2) is 5.11. The van der Waals surface area contributed by atoms with Crippen molar-refractivity contribution in [3.05, 3.63) is 31.0 Å². The summed E-state index contributed by atoms with van der Waals surface area (Å²) in [7, 11) is 0. The van der Waals surface area contributed by atoms with Crippen molar-refractivity contribution >= 4 is 55.8 Å². The molecule has 0 bridgehead atoms. The SMILES string of the molecule is C=C(Br)CNC(=O)c1csc(I)c1. The van der Waals surface area contributed by atoms with E-state index in [9.17, 15) is 4.79 Å². The van der Waals surface area contributed by atoms with Crippen LogP contribution < -0.4 is 5.32 Å². The number of thiophene rings is 1. The molecule has 0 spiro atoms. The number of nitrogens with one attached hydrogen (secondary N) is 1. The minimum absolute atomic E-state index is 0.0558. The standard InChI is InChI=1S/C8H7BrINOS/c1-5(9)3-11-8(12)6-2-7(10)13-4-6/h2,4H,1,3H2,(H,11,12). The molecule has 0 aliphatic rings. The molecule has 0 fully saturated rings. The van der Waals surface area contributed by atoms with E-state index >= 15 is 0 Å². The van der Waals surface area contributed by atoms with Crippen molar-refractivity contribution in [3.63, 3.8) is 0 Å². The molecule has 0 atom stereocenters. The lowest BCUT2D eigenvalue weighted by molar-refractivity contribution is 0.0958. The predicted octanol–water partition coefficient (Wildman–Crippen LogP) is 2.99. The van der Waals surface area contributed by atoms with Crippen LogP contribution in [0.2, 0.25) is 0 Å². The molecule has 70 valence electrons. The molecule has 1 aromatic heterocycles. The molecule has 1 heterocycles. The molecular weight excluding hydrogens is 365 g/mol. The largest absolute Gasteiger partial charge is 0.347 e. The Morgan fingerprint density at radius 2 is 2.46 bits per heavy atom. The Morgan fingerprint density at radius 3 is 2.92 bits per heavy atom. The number of hydrogen-bond acceptors (Lipinski definition) is 2. The summed E-state index contributed by atoms with van der Waals surface area (Å²) in [5, 5.41) is 4.57. The van der Waals surface area contributed by atoms with Crippen molar-refractivity contribution in [3.8, 4) is 0 Å². The van der Waals surface area contributed by atoms with Crippen molar-refractivity contribution in [2.45, 2.75) is 0 Å². The monoisotopic (exact) mass is 371 g/mol. The van der Waals surface area contributed by atoms with Gasteiger partial charge in [0.05, 0.1) is 8.45 Å². The van der Waals surface area contributed by atoms with Gasteiger partial charge in [0.1, 0.15) is 0 Å². The van der Waals surface area contributed by atoms with Gasteiger partial charge in [0.25, 0.3) is 5.91 Å². The summed E-state index contributed by atoms with van der Waals surface area (Å²) >= 11 is 6.92. The highest BCUT2D eigenvalue weighted by Gasteiger charge is 2.06. The van der Waals surface area contributed by atoms with E-state index in [-0.39, 0.29) is 5.91 Å².